The fourth-order valence-electron chi connectivity index (χ4n) is 1.48. The van der Waals surface area contributed by atoms with Crippen LogP contribution in [0.1, 0.15) is 18.9 Å². The van der Waals surface area contributed by atoms with Gasteiger partial charge in [0, 0.05) is 12.6 Å². The van der Waals surface area contributed by atoms with Crippen LogP contribution in [0.5, 0.6) is 0 Å². The number of rotatable bonds is 8. The lowest BCUT2D eigenvalue weighted by Gasteiger charge is -2.11. The van der Waals surface area contributed by atoms with Crippen molar-refractivity contribution < 1.29 is 4.74 Å². The molecule has 0 spiro atoms. The molecule has 0 aromatic heterocycles. The summed E-state index contributed by atoms with van der Waals surface area (Å²) in [6, 6.07) is 10.7. The maximum atomic E-state index is 5.56. The summed E-state index contributed by atoms with van der Waals surface area (Å²) in [6.45, 7) is 8.20. The number of hydrogen-bond donors (Lipinski definition) is 1. The van der Waals surface area contributed by atoms with Gasteiger partial charge in [-0.3, -0.25) is 0 Å². The summed E-state index contributed by atoms with van der Waals surface area (Å²) < 4.78 is 5.56. The smallest absolute Gasteiger partial charge is 0.0717 e. The van der Waals surface area contributed by atoms with Gasteiger partial charge in [-0.05, 0) is 18.9 Å². The van der Waals surface area contributed by atoms with Crippen molar-refractivity contribution in [2.45, 2.75) is 26.0 Å². The van der Waals surface area contributed by atoms with E-state index < -0.39 is 0 Å². The Morgan fingerprint density at radius 2 is 2.12 bits per heavy atom. The molecule has 0 aliphatic rings. The van der Waals surface area contributed by atoms with Crippen molar-refractivity contribution in [3.63, 3.8) is 0 Å². The summed E-state index contributed by atoms with van der Waals surface area (Å²) in [4.78, 5) is 0. The van der Waals surface area contributed by atoms with Gasteiger partial charge in [-0.2, -0.15) is 0 Å². The number of hydrogen-bond acceptors (Lipinski definition) is 2. The van der Waals surface area contributed by atoms with E-state index in [1.165, 1.54) is 5.56 Å². The summed E-state index contributed by atoms with van der Waals surface area (Å²) in [6.07, 6.45) is 2.93. The molecule has 0 bridgehead atoms. The Bertz CT molecular complexity index is 284. The Labute approximate surface area is 98.3 Å². The molecule has 1 aromatic carbocycles. The molecule has 0 radical (unpaired) electrons. The minimum Gasteiger partial charge on any atom is -0.375 e. The normalized spacial score (nSPS) is 12.3. The van der Waals surface area contributed by atoms with Crippen LogP contribution >= 0.6 is 0 Å². The van der Waals surface area contributed by atoms with Gasteiger partial charge in [-0.1, -0.05) is 36.4 Å². The van der Waals surface area contributed by atoms with Crippen LogP contribution in [0.4, 0.5) is 0 Å². The minimum atomic E-state index is 0.484. The minimum absolute atomic E-state index is 0.484. The Balaban J connectivity index is 2.02. The Kier molecular flexibility index (Phi) is 6.54. The third-order valence-electron chi connectivity index (χ3n) is 2.37. The monoisotopic (exact) mass is 219 g/mol. The third kappa shape index (κ3) is 5.69. The fraction of sp³-hybridized carbons (Fsp3) is 0.429. The SMILES string of the molecule is C=CCC(C)NCCOCc1ccccc1. The van der Waals surface area contributed by atoms with Crippen molar-refractivity contribution >= 4 is 0 Å². The molecular formula is C14H21NO. The quantitative estimate of drug-likeness (QED) is 0.536. The molecule has 0 amide bonds. The van der Waals surface area contributed by atoms with E-state index in [0.717, 1.165) is 19.6 Å². The Hall–Kier alpha value is -1.12. The van der Waals surface area contributed by atoms with Crippen LogP contribution in [0, 0.1) is 0 Å². The first-order valence-corrected chi connectivity index (χ1v) is 5.79. The Morgan fingerprint density at radius 1 is 1.38 bits per heavy atom. The molecule has 1 rings (SSSR count). The van der Waals surface area contributed by atoms with E-state index in [-0.39, 0.29) is 0 Å². The van der Waals surface area contributed by atoms with E-state index in [9.17, 15) is 0 Å². The van der Waals surface area contributed by atoms with Gasteiger partial charge in [0.2, 0.25) is 0 Å². The van der Waals surface area contributed by atoms with Gasteiger partial charge in [0.25, 0.3) is 0 Å². The summed E-state index contributed by atoms with van der Waals surface area (Å²) in [5.41, 5.74) is 1.22. The summed E-state index contributed by atoms with van der Waals surface area (Å²) in [5.74, 6) is 0. The largest absolute Gasteiger partial charge is 0.375 e. The molecule has 2 nitrogen and oxygen atoms in total. The highest BCUT2D eigenvalue weighted by molar-refractivity contribution is 5.13. The Morgan fingerprint density at radius 3 is 2.81 bits per heavy atom. The van der Waals surface area contributed by atoms with Gasteiger partial charge < -0.3 is 10.1 Å². The second kappa shape index (κ2) is 8.08. The second-order valence-corrected chi connectivity index (χ2v) is 3.92. The molecule has 0 fully saturated rings. The van der Waals surface area contributed by atoms with Gasteiger partial charge in [0.05, 0.1) is 13.2 Å². The van der Waals surface area contributed by atoms with Crippen LogP contribution in [0.2, 0.25) is 0 Å². The molecular weight excluding hydrogens is 198 g/mol. The highest BCUT2D eigenvalue weighted by atomic mass is 16.5. The standard InChI is InChI=1S/C14H21NO/c1-3-7-13(2)15-10-11-16-12-14-8-5-4-6-9-14/h3-6,8-9,13,15H,1,7,10-12H2,2H3. The van der Waals surface area contributed by atoms with E-state index in [2.05, 4.69) is 31.0 Å². The van der Waals surface area contributed by atoms with E-state index in [1.54, 1.807) is 0 Å². The number of nitrogens with one attached hydrogen (secondary N) is 1. The molecule has 0 saturated carbocycles. The van der Waals surface area contributed by atoms with Crippen LogP contribution in [0.25, 0.3) is 0 Å². The lowest BCUT2D eigenvalue weighted by molar-refractivity contribution is 0.121. The molecule has 0 aliphatic heterocycles. The summed E-state index contributed by atoms with van der Waals surface area (Å²) >= 11 is 0. The predicted molar refractivity (Wildman–Crippen MR) is 68.4 cm³/mol. The fourth-order valence-corrected chi connectivity index (χ4v) is 1.48. The molecule has 1 aromatic rings. The van der Waals surface area contributed by atoms with Gasteiger partial charge in [0.1, 0.15) is 0 Å². The first kappa shape index (κ1) is 12.9. The zero-order chi connectivity index (χ0) is 11.6. The van der Waals surface area contributed by atoms with Crippen molar-refractivity contribution in [3.8, 4) is 0 Å². The molecule has 1 unspecified atom stereocenters. The molecule has 16 heavy (non-hydrogen) atoms. The topological polar surface area (TPSA) is 21.3 Å². The maximum Gasteiger partial charge on any atom is 0.0717 e. The second-order valence-electron chi connectivity index (χ2n) is 3.92. The van der Waals surface area contributed by atoms with Gasteiger partial charge >= 0.3 is 0 Å². The van der Waals surface area contributed by atoms with Crippen LogP contribution in [-0.2, 0) is 11.3 Å². The molecule has 2 heteroatoms. The van der Waals surface area contributed by atoms with Gasteiger partial charge in [-0.15, -0.1) is 6.58 Å². The van der Waals surface area contributed by atoms with E-state index >= 15 is 0 Å². The van der Waals surface area contributed by atoms with E-state index in [0.29, 0.717) is 12.6 Å². The van der Waals surface area contributed by atoms with Crippen LogP contribution < -0.4 is 5.32 Å². The van der Waals surface area contributed by atoms with Crippen molar-refractivity contribution in [3.05, 3.63) is 48.6 Å². The average molecular weight is 219 g/mol. The van der Waals surface area contributed by atoms with Crippen molar-refractivity contribution in [2.75, 3.05) is 13.2 Å². The first-order valence-electron chi connectivity index (χ1n) is 5.79. The summed E-state index contributed by atoms with van der Waals surface area (Å²) in [5, 5.41) is 3.37. The van der Waals surface area contributed by atoms with Gasteiger partial charge in [0.15, 0.2) is 0 Å². The van der Waals surface area contributed by atoms with Crippen LogP contribution in [-0.4, -0.2) is 19.2 Å². The maximum absolute atomic E-state index is 5.56. The molecule has 88 valence electrons. The average Bonchev–Trinajstić information content (AvgIpc) is 2.30. The van der Waals surface area contributed by atoms with Gasteiger partial charge in [-0.25, -0.2) is 0 Å². The van der Waals surface area contributed by atoms with E-state index in [1.807, 2.05) is 24.3 Å². The zero-order valence-electron chi connectivity index (χ0n) is 9.99. The van der Waals surface area contributed by atoms with Crippen LogP contribution in [0.3, 0.4) is 0 Å². The first-order chi connectivity index (χ1) is 7.83. The highest BCUT2D eigenvalue weighted by Gasteiger charge is 1.97. The molecule has 0 heterocycles. The number of benzene rings is 1. The zero-order valence-corrected chi connectivity index (χ0v) is 9.99. The molecule has 0 aliphatic carbocycles. The lowest BCUT2D eigenvalue weighted by Crippen LogP contribution is -2.28. The highest BCUT2D eigenvalue weighted by Crippen LogP contribution is 1.99. The van der Waals surface area contributed by atoms with Crippen molar-refractivity contribution in [2.24, 2.45) is 0 Å². The predicted octanol–water partition coefficient (Wildman–Crippen LogP) is 2.76. The van der Waals surface area contributed by atoms with Crippen LogP contribution in [0.15, 0.2) is 43.0 Å². The van der Waals surface area contributed by atoms with E-state index in [4.69, 9.17) is 4.74 Å². The lowest BCUT2D eigenvalue weighted by atomic mass is 10.2. The number of ether oxygens (including phenoxy) is 1. The molecule has 1 atom stereocenters. The third-order valence-corrected chi connectivity index (χ3v) is 2.37. The molecule has 1 N–H and O–H groups in total. The summed E-state index contributed by atoms with van der Waals surface area (Å²) in [7, 11) is 0. The molecule has 0 saturated heterocycles. The van der Waals surface area contributed by atoms with Crippen molar-refractivity contribution in [1.82, 2.24) is 5.32 Å². The van der Waals surface area contributed by atoms with Crippen molar-refractivity contribution in [1.29, 1.82) is 0 Å².